The second-order valence-electron chi connectivity index (χ2n) is 6.96. The number of carbonyl (C=O) groups is 1. The molecule has 0 fully saturated rings. The smallest absolute Gasteiger partial charge is 0.270 e. The Balaban J connectivity index is 1.85. The Morgan fingerprint density at radius 1 is 1.33 bits per heavy atom. The maximum atomic E-state index is 13.2. The molecule has 3 aromatic rings. The first-order valence-electron chi connectivity index (χ1n) is 8.61. The highest BCUT2D eigenvalue weighted by atomic mass is 32.1. The molecule has 2 aliphatic rings. The van der Waals surface area contributed by atoms with Gasteiger partial charge in [0.1, 0.15) is 17.5 Å². The Morgan fingerprint density at radius 3 is 2.89 bits per heavy atom. The Kier molecular flexibility index (Phi) is 3.33. The van der Waals surface area contributed by atoms with E-state index in [0.717, 1.165) is 11.1 Å². The number of hydrogen-bond donors (Lipinski definition) is 0. The maximum absolute atomic E-state index is 13.2. The van der Waals surface area contributed by atoms with Crippen LogP contribution in [0.25, 0.3) is 6.08 Å². The van der Waals surface area contributed by atoms with E-state index >= 15 is 0 Å². The van der Waals surface area contributed by atoms with E-state index in [9.17, 15) is 9.59 Å². The minimum atomic E-state index is -1.03. The summed E-state index contributed by atoms with van der Waals surface area (Å²) < 4.78 is 13.4. The molecule has 2 aromatic heterocycles. The average Bonchev–Trinajstić information content (AvgIpc) is 3.22. The summed E-state index contributed by atoms with van der Waals surface area (Å²) in [6.07, 6.45) is 4.92. The zero-order valence-electron chi connectivity index (χ0n) is 14.7. The van der Waals surface area contributed by atoms with E-state index in [2.05, 4.69) is 0 Å². The fourth-order valence-corrected chi connectivity index (χ4v) is 5.16. The third-order valence-electron chi connectivity index (χ3n) is 5.16. The molecule has 0 spiro atoms. The van der Waals surface area contributed by atoms with Crippen LogP contribution in [0.1, 0.15) is 31.0 Å². The Morgan fingerprint density at radius 2 is 2.15 bits per heavy atom. The predicted molar refractivity (Wildman–Crippen MR) is 99.4 cm³/mol. The van der Waals surface area contributed by atoms with Gasteiger partial charge in [-0.05, 0) is 32.1 Å². The number of rotatable bonds is 2. The van der Waals surface area contributed by atoms with Gasteiger partial charge in [-0.15, -0.1) is 0 Å². The number of fused-ring (bicyclic) bond motifs is 6. The van der Waals surface area contributed by atoms with E-state index < -0.39 is 17.7 Å². The molecule has 0 aliphatic carbocycles. The first-order valence-corrected chi connectivity index (χ1v) is 9.43. The van der Waals surface area contributed by atoms with Gasteiger partial charge in [0.2, 0.25) is 5.72 Å². The predicted octanol–water partition coefficient (Wildman–Crippen LogP) is 1.87. The topological polar surface area (TPSA) is 73.8 Å². The summed E-state index contributed by atoms with van der Waals surface area (Å²) in [6, 6.07) is 8.89. The van der Waals surface area contributed by atoms with Gasteiger partial charge in [-0.1, -0.05) is 29.5 Å². The van der Waals surface area contributed by atoms with Crippen LogP contribution in [0.2, 0.25) is 0 Å². The molecule has 0 N–H and O–H groups in total. The first kappa shape index (κ1) is 16.3. The minimum absolute atomic E-state index is 0.0510. The van der Waals surface area contributed by atoms with Crippen LogP contribution in [-0.2, 0) is 4.79 Å². The van der Waals surface area contributed by atoms with Gasteiger partial charge in [-0.3, -0.25) is 14.2 Å². The average molecular weight is 380 g/mol. The lowest BCUT2D eigenvalue weighted by Gasteiger charge is -2.45. The molecule has 4 heterocycles. The second kappa shape index (κ2) is 5.53. The second-order valence-corrected chi connectivity index (χ2v) is 7.97. The Bertz CT molecular complexity index is 1240. The zero-order chi connectivity index (χ0) is 18.8. The molecule has 0 radical (unpaired) electrons. The normalized spacial score (nSPS) is 25.9. The lowest BCUT2D eigenvalue weighted by Crippen LogP contribution is -2.58. The highest BCUT2D eigenvalue weighted by Crippen LogP contribution is 2.47. The van der Waals surface area contributed by atoms with Crippen molar-refractivity contribution in [1.82, 2.24) is 4.57 Å². The van der Waals surface area contributed by atoms with Crippen molar-refractivity contribution >= 4 is 23.2 Å². The maximum Gasteiger partial charge on any atom is 0.270 e. The number of ketones is 1. The van der Waals surface area contributed by atoms with Crippen LogP contribution >= 0.6 is 11.3 Å². The molecular formula is C20H16N2O4S. The van der Waals surface area contributed by atoms with Gasteiger partial charge in [0.15, 0.2) is 4.80 Å². The van der Waals surface area contributed by atoms with Crippen molar-refractivity contribution in [3.05, 3.63) is 73.7 Å². The lowest BCUT2D eigenvalue weighted by molar-refractivity contribution is -0.132. The van der Waals surface area contributed by atoms with Gasteiger partial charge in [0.05, 0.1) is 23.1 Å². The van der Waals surface area contributed by atoms with Gasteiger partial charge in [-0.2, -0.15) is 0 Å². The van der Waals surface area contributed by atoms with E-state index in [4.69, 9.17) is 14.1 Å². The molecular weight excluding hydrogens is 364 g/mol. The van der Waals surface area contributed by atoms with Crippen LogP contribution in [0, 0.1) is 5.92 Å². The summed E-state index contributed by atoms with van der Waals surface area (Å²) >= 11 is 1.30. The van der Waals surface area contributed by atoms with E-state index in [-0.39, 0.29) is 11.3 Å². The van der Waals surface area contributed by atoms with Gasteiger partial charge >= 0.3 is 0 Å². The molecule has 1 aromatic carbocycles. The summed E-state index contributed by atoms with van der Waals surface area (Å²) in [5.41, 5.74) is 0.450. The number of thiazole rings is 1. The van der Waals surface area contributed by atoms with Crippen molar-refractivity contribution in [1.29, 1.82) is 0 Å². The quantitative estimate of drug-likeness (QED) is 0.680. The van der Waals surface area contributed by atoms with Gasteiger partial charge in [0, 0.05) is 11.1 Å². The monoisotopic (exact) mass is 380 g/mol. The number of ether oxygens (including phenoxy) is 1. The number of Topliss-reactive ketones (excluding diaryl/α,β-unsaturated/α-hetero) is 1. The number of furan rings is 1. The molecule has 27 heavy (non-hydrogen) atoms. The SMILES string of the molecule is CC(=O)[C@H]1[C@@H]2c3ccccc3O[C@]1(C)N=c1s/c(=C/c3ccoc3)c(=O)n12. The van der Waals surface area contributed by atoms with Crippen molar-refractivity contribution < 1.29 is 13.9 Å². The zero-order valence-corrected chi connectivity index (χ0v) is 15.5. The number of aromatic nitrogens is 1. The molecule has 0 unspecified atom stereocenters. The van der Waals surface area contributed by atoms with Crippen molar-refractivity contribution in [3.63, 3.8) is 0 Å². The van der Waals surface area contributed by atoms with Gasteiger partial charge in [0.25, 0.3) is 5.56 Å². The van der Waals surface area contributed by atoms with Gasteiger partial charge < -0.3 is 9.15 Å². The van der Waals surface area contributed by atoms with Crippen LogP contribution < -0.4 is 19.6 Å². The highest BCUT2D eigenvalue weighted by molar-refractivity contribution is 7.07. The largest absolute Gasteiger partial charge is 0.472 e. The van der Waals surface area contributed by atoms with E-state index in [1.165, 1.54) is 18.3 Å². The van der Waals surface area contributed by atoms with E-state index in [1.54, 1.807) is 29.2 Å². The summed E-state index contributed by atoms with van der Waals surface area (Å²) in [5.74, 6) is 0.0502. The first-order chi connectivity index (χ1) is 13.0. The van der Waals surface area contributed by atoms with Crippen LogP contribution in [0.3, 0.4) is 0 Å². The standard InChI is InChI=1S/C20H16N2O4S/c1-11(23)16-17-13-5-3-4-6-14(13)26-20(16,2)21-19-22(17)18(24)15(27-19)9-12-7-8-25-10-12/h3-10,16-17H,1-2H3/b15-9+/t16-,17-,20-/m0/s1. The fourth-order valence-electron chi connectivity index (χ4n) is 4.06. The third kappa shape index (κ3) is 2.28. The van der Waals surface area contributed by atoms with Crippen LogP contribution in [0.15, 0.2) is 57.1 Å². The number of para-hydroxylation sites is 1. The molecule has 0 saturated heterocycles. The van der Waals surface area contributed by atoms with Crippen LogP contribution in [-0.4, -0.2) is 16.1 Å². The van der Waals surface area contributed by atoms with E-state index in [0.29, 0.717) is 15.1 Å². The van der Waals surface area contributed by atoms with E-state index in [1.807, 2.05) is 31.2 Å². The molecule has 136 valence electrons. The fraction of sp³-hybridized carbons (Fsp3) is 0.250. The summed E-state index contributed by atoms with van der Waals surface area (Å²) in [5, 5.41) is 0. The number of hydrogen-bond acceptors (Lipinski definition) is 6. The van der Waals surface area contributed by atoms with Crippen molar-refractivity contribution in [2.24, 2.45) is 10.9 Å². The Labute approximate surface area is 158 Å². The third-order valence-corrected chi connectivity index (χ3v) is 6.14. The minimum Gasteiger partial charge on any atom is -0.472 e. The van der Waals surface area contributed by atoms with Crippen molar-refractivity contribution in [2.75, 3.05) is 0 Å². The number of carbonyl (C=O) groups excluding carboxylic acids is 1. The molecule has 2 bridgehead atoms. The summed E-state index contributed by atoms with van der Waals surface area (Å²) in [4.78, 5) is 31.0. The summed E-state index contributed by atoms with van der Waals surface area (Å²) in [7, 11) is 0. The van der Waals surface area contributed by atoms with Crippen molar-refractivity contribution in [2.45, 2.75) is 25.6 Å². The summed E-state index contributed by atoms with van der Waals surface area (Å²) in [6.45, 7) is 3.35. The highest BCUT2D eigenvalue weighted by Gasteiger charge is 2.53. The Hall–Kier alpha value is -2.93. The molecule has 2 aliphatic heterocycles. The molecule has 6 nitrogen and oxygen atoms in total. The molecule has 3 atom stereocenters. The molecule has 5 rings (SSSR count). The lowest BCUT2D eigenvalue weighted by atomic mass is 9.79. The van der Waals surface area contributed by atoms with Crippen LogP contribution in [0.4, 0.5) is 0 Å². The van der Waals surface area contributed by atoms with Crippen molar-refractivity contribution in [3.8, 4) is 5.75 Å². The number of benzene rings is 1. The van der Waals surface area contributed by atoms with Crippen LogP contribution in [0.5, 0.6) is 5.75 Å². The molecule has 0 saturated carbocycles. The number of nitrogens with zero attached hydrogens (tertiary/aromatic N) is 2. The molecule has 7 heteroatoms. The van der Waals surface area contributed by atoms with Gasteiger partial charge in [-0.25, -0.2) is 4.99 Å². The molecule has 0 amide bonds.